The molecule has 3 N–H and O–H groups in total. The third-order valence-corrected chi connectivity index (χ3v) is 3.21. The van der Waals surface area contributed by atoms with Gasteiger partial charge in [-0.3, -0.25) is 5.10 Å². The topological polar surface area (TPSA) is 73.2 Å². The number of rotatable bonds is 1. The quantitative estimate of drug-likeness (QED) is 0.806. The lowest BCUT2D eigenvalue weighted by Crippen LogP contribution is -2.15. The molecule has 0 fully saturated rings. The normalized spacial score (nSPS) is 13.7. The molecule has 0 atom stereocenters. The number of anilines is 1. The maximum atomic E-state index is 5.77. The molecule has 0 amide bonds. The van der Waals surface area contributed by atoms with Crippen molar-refractivity contribution in [3.63, 3.8) is 0 Å². The van der Waals surface area contributed by atoms with Crippen molar-refractivity contribution in [2.45, 2.75) is 13.8 Å². The van der Waals surface area contributed by atoms with Crippen LogP contribution in [0.2, 0.25) is 0 Å². The highest BCUT2D eigenvalue weighted by Crippen LogP contribution is 2.38. The highest BCUT2D eigenvalue weighted by molar-refractivity contribution is 5.73. The van der Waals surface area contributed by atoms with Crippen LogP contribution < -0.4 is 15.2 Å². The van der Waals surface area contributed by atoms with Gasteiger partial charge in [-0.1, -0.05) is 0 Å². The minimum atomic E-state index is 0.527. The van der Waals surface area contributed by atoms with Gasteiger partial charge < -0.3 is 15.2 Å². The molecule has 5 heteroatoms. The van der Waals surface area contributed by atoms with Gasteiger partial charge in [0.15, 0.2) is 11.5 Å². The van der Waals surface area contributed by atoms with Crippen LogP contribution in [0.25, 0.3) is 11.3 Å². The summed E-state index contributed by atoms with van der Waals surface area (Å²) < 4.78 is 11.2. The number of hydrogen-bond donors (Lipinski definition) is 2. The molecule has 0 saturated heterocycles. The number of benzene rings is 1. The minimum Gasteiger partial charge on any atom is -0.486 e. The molecular formula is C13H15N3O2. The van der Waals surface area contributed by atoms with Gasteiger partial charge in [-0.2, -0.15) is 5.10 Å². The molecule has 2 heterocycles. The first-order valence-corrected chi connectivity index (χ1v) is 5.88. The van der Waals surface area contributed by atoms with E-state index in [1.807, 2.05) is 26.0 Å². The first-order valence-electron chi connectivity index (χ1n) is 5.88. The number of H-pyrrole nitrogens is 1. The summed E-state index contributed by atoms with van der Waals surface area (Å²) in [5.74, 6) is 2.10. The lowest BCUT2D eigenvalue weighted by Gasteiger charge is -2.20. The largest absolute Gasteiger partial charge is 0.486 e. The molecule has 18 heavy (non-hydrogen) atoms. The number of nitrogen functional groups attached to an aromatic ring is 1. The Morgan fingerprint density at radius 1 is 1.17 bits per heavy atom. The summed E-state index contributed by atoms with van der Waals surface area (Å²) in [5.41, 5.74) is 9.80. The molecule has 0 aliphatic carbocycles. The average molecular weight is 245 g/mol. The Morgan fingerprint density at radius 2 is 1.83 bits per heavy atom. The van der Waals surface area contributed by atoms with E-state index in [0.29, 0.717) is 19.0 Å². The van der Waals surface area contributed by atoms with Crippen molar-refractivity contribution in [1.29, 1.82) is 0 Å². The van der Waals surface area contributed by atoms with Gasteiger partial charge in [0.1, 0.15) is 19.0 Å². The van der Waals surface area contributed by atoms with E-state index >= 15 is 0 Å². The summed E-state index contributed by atoms with van der Waals surface area (Å²) in [4.78, 5) is 0. The van der Waals surface area contributed by atoms with Gasteiger partial charge in [-0.05, 0) is 31.5 Å². The van der Waals surface area contributed by atoms with Crippen molar-refractivity contribution < 1.29 is 9.47 Å². The van der Waals surface area contributed by atoms with Crippen LogP contribution in [-0.4, -0.2) is 23.4 Å². The summed E-state index contributed by atoms with van der Waals surface area (Å²) in [7, 11) is 0. The number of nitrogens with zero attached hydrogens (tertiary/aromatic N) is 1. The first kappa shape index (κ1) is 11.0. The molecule has 0 radical (unpaired) electrons. The van der Waals surface area contributed by atoms with Crippen LogP contribution in [-0.2, 0) is 0 Å². The third kappa shape index (κ3) is 1.59. The third-order valence-electron chi connectivity index (χ3n) is 3.21. The number of aryl methyl sites for hydroxylation is 1. The smallest absolute Gasteiger partial charge is 0.162 e. The SMILES string of the molecule is Cc1cc2c(cc1-c1[nH]nc(N)c1C)OCCO2. The van der Waals surface area contributed by atoms with Crippen LogP contribution in [0.4, 0.5) is 5.82 Å². The molecular weight excluding hydrogens is 230 g/mol. The molecule has 0 bridgehead atoms. The number of fused-ring (bicyclic) bond motifs is 1. The van der Waals surface area contributed by atoms with Crippen LogP contribution in [0, 0.1) is 13.8 Å². The number of nitrogens with two attached hydrogens (primary N) is 1. The van der Waals surface area contributed by atoms with Gasteiger partial charge >= 0.3 is 0 Å². The van der Waals surface area contributed by atoms with E-state index in [1.165, 1.54) is 0 Å². The Hall–Kier alpha value is -2.17. The molecule has 3 rings (SSSR count). The van der Waals surface area contributed by atoms with E-state index in [1.54, 1.807) is 0 Å². The number of ether oxygens (including phenoxy) is 2. The standard InChI is InChI=1S/C13H15N3O2/c1-7-5-10-11(18-4-3-17-10)6-9(7)12-8(2)13(14)16-15-12/h5-6H,3-4H2,1-2H3,(H3,14,15,16). The molecule has 0 spiro atoms. The zero-order chi connectivity index (χ0) is 12.7. The van der Waals surface area contributed by atoms with Crippen molar-refractivity contribution in [2.75, 3.05) is 18.9 Å². The molecule has 1 aromatic carbocycles. The molecule has 1 aromatic heterocycles. The molecule has 1 aliphatic heterocycles. The minimum absolute atomic E-state index is 0.527. The first-order chi connectivity index (χ1) is 8.66. The maximum absolute atomic E-state index is 5.77. The number of aromatic nitrogens is 2. The lowest BCUT2D eigenvalue weighted by atomic mass is 10.0. The van der Waals surface area contributed by atoms with E-state index in [-0.39, 0.29) is 0 Å². The summed E-state index contributed by atoms with van der Waals surface area (Å²) in [6, 6.07) is 3.96. The Kier molecular flexibility index (Phi) is 2.40. The van der Waals surface area contributed by atoms with Crippen LogP contribution in [0.3, 0.4) is 0 Å². The fraction of sp³-hybridized carbons (Fsp3) is 0.308. The molecule has 0 unspecified atom stereocenters. The van der Waals surface area contributed by atoms with Crippen molar-refractivity contribution >= 4 is 5.82 Å². The van der Waals surface area contributed by atoms with E-state index in [4.69, 9.17) is 15.2 Å². The second kappa shape index (κ2) is 3.94. The predicted molar refractivity (Wildman–Crippen MR) is 68.9 cm³/mol. The van der Waals surface area contributed by atoms with Gasteiger partial charge in [0, 0.05) is 11.1 Å². The Balaban J connectivity index is 2.15. The van der Waals surface area contributed by atoms with E-state index in [0.717, 1.165) is 33.9 Å². The maximum Gasteiger partial charge on any atom is 0.162 e. The Morgan fingerprint density at radius 3 is 2.44 bits per heavy atom. The Labute approximate surface area is 105 Å². The molecule has 2 aromatic rings. The van der Waals surface area contributed by atoms with Gasteiger partial charge in [0.05, 0.1) is 5.69 Å². The summed E-state index contributed by atoms with van der Waals surface area (Å²) in [5, 5.41) is 6.99. The van der Waals surface area contributed by atoms with Crippen molar-refractivity contribution in [3.8, 4) is 22.8 Å². The number of hydrogen-bond acceptors (Lipinski definition) is 4. The summed E-state index contributed by atoms with van der Waals surface area (Å²) in [6.07, 6.45) is 0. The van der Waals surface area contributed by atoms with Crippen LogP contribution in [0.15, 0.2) is 12.1 Å². The van der Waals surface area contributed by atoms with Crippen molar-refractivity contribution in [2.24, 2.45) is 0 Å². The highest BCUT2D eigenvalue weighted by atomic mass is 16.6. The summed E-state index contributed by atoms with van der Waals surface area (Å²) in [6.45, 7) is 5.16. The van der Waals surface area contributed by atoms with E-state index in [9.17, 15) is 0 Å². The molecule has 94 valence electrons. The van der Waals surface area contributed by atoms with Gasteiger partial charge in [0.25, 0.3) is 0 Å². The number of nitrogens with one attached hydrogen (secondary N) is 1. The van der Waals surface area contributed by atoms with E-state index in [2.05, 4.69) is 10.2 Å². The van der Waals surface area contributed by atoms with Crippen LogP contribution in [0.5, 0.6) is 11.5 Å². The molecule has 1 aliphatic rings. The lowest BCUT2D eigenvalue weighted by molar-refractivity contribution is 0.171. The average Bonchev–Trinajstić information content (AvgIpc) is 2.69. The number of aromatic amines is 1. The van der Waals surface area contributed by atoms with Gasteiger partial charge in [-0.25, -0.2) is 0 Å². The van der Waals surface area contributed by atoms with Crippen molar-refractivity contribution in [3.05, 3.63) is 23.3 Å². The fourth-order valence-electron chi connectivity index (χ4n) is 2.13. The predicted octanol–water partition coefficient (Wildman–Crippen LogP) is 2.05. The highest BCUT2D eigenvalue weighted by Gasteiger charge is 2.17. The van der Waals surface area contributed by atoms with E-state index < -0.39 is 0 Å². The Bertz CT molecular complexity index is 605. The van der Waals surface area contributed by atoms with Crippen molar-refractivity contribution in [1.82, 2.24) is 10.2 Å². The second-order valence-corrected chi connectivity index (χ2v) is 4.42. The molecule has 5 nitrogen and oxygen atoms in total. The monoisotopic (exact) mass is 245 g/mol. The zero-order valence-corrected chi connectivity index (χ0v) is 10.4. The summed E-state index contributed by atoms with van der Waals surface area (Å²) >= 11 is 0. The van der Waals surface area contributed by atoms with Gasteiger partial charge in [0.2, 0.25) is 0 Å². The second-order valence-electron chi connectivity index (χ2n) is 4.42. The fourth-order valence-corrected chi connectivity index (χ4v) is 2.13. The van der Waals surface area contributed by atoms with Crippen LogP contribution in [0.1, 0.15) is 11.1 Å². The zero-order valence-electron chi connectivity index (χ0n) is 10.4. The van der Waals surface area contributed by atoms with Crippen LogP contribution >= 0.6 is 0 Å². The molecule has 0 saturated carbocycles. The van der Waals surface area contributed by atoms with Gasteiger partial charge in [-0.15, -0.1) is 0 Å².